The third kappa shape index (κ3) is 6.55. The number of pyridine rings is 2. The minimum Gasteiger partial charge on any atom is -0.491 e. The minimum absolute atomic E-state index is 0.0217. The third-order valence-corrected chi connectivity index (χ3v) is 6.93. The largest absolute Gasteiger partial charge is 0.491 e. The summed E-state index contributed by atoms with van der Waals surface area (Å²) in [5.74, 6) is -0.966. The number of hydrogen-bond acceptors (Lipinski definition) is 8. The van der Waals surface area contributed by atoms with Gasteiger partial charge in [0.25, 0.3) is 15.9 Å². The fourth-order valence-corrected chi connectivity index (χ4v) is 5.08. The van der Waals surface area contributed by atoms with Crippen molar-refractivity contribution >= 4 is 21.7 Å². The van der Waals surface area contributed by atoms with Gasteiger partial charge in [0.15, 0.2) is 5.03 Å². The van der Waals surface area contributed by atoms with Gasteiger partial charge in [0.05, 0.1) is 11.8 Å². The molecular formula is C29H29FN4O5S. The average molecular weight is 565 g/mol. The first-order chi connectivity index (χ1) is 18.8. The van der Waals surface area contributed by atoms with Crippen LogP contribution in [0.25, 0.3) is 11.3 Å². The van der Waals surface area contributed by atoms with Crippen LogP contribution in [0.5, 0.6) is 17.4 Å². The fourth-order valence-electron chi connectivity index (χ4n) is 4.14. The van der Waals surface area contributed by atoms with E-state index < -0.39 is 26.8 Å². The number of rotatable bonds is 8. The van der Waals surface area contributed by atoms with E-state index >= 15 is 0 Å². The molecule has 2 aromatic carbocycles. The number of sulfonamides is 1. The van der Waals surface area contributed by atoms with Crippen LogP contribution in [0.3, 0.4) is 0 Å². The standard InChI is InChI=1S/C29H29FN4O5S/c1-16(2)38-22-14-20(13-21(30)15-22)24-10-9-23(28(35)34-40(36,37)26-8-6-7-25(31)33-26)29(32-24)39-27-18(4)11-17(3)12-19(27)5/h6-16H,1-5H3,(H2,31,33)(H,34,35). The van der Waals surface area contributed by atoms with Crippen molar-refractivity contribution in [1.29, 1.82) is 0 Å². The highest BCUT2D eigenvalue weighted by molar-refractivity contribution is 7.90. The van der Waals surface area contributed by atoms with Crippen LogP contribution in [0.15, 0.2) is 65.7 Å². The van der Waals surface area contributed by atoms with Gasteiger partial charge < -0.3 is 15.2 Å². The molecule has 0 radical (unpaired) electrons. The maximum Gasteiger partial charge on any atom is 0.281 e. The summed E-state index contributed by atoms with van der Waals surface area (Å²) in [7, 11) is -4.37. The minimum atomic E-state index is -4.37. The summed E-state index contributed by atoms with van der Waals surface area (Å²) in [6, 6.07) is 14.8. The number of amides is 1. The Morgan fingerprint density at radius 2 is 1.68 bits per heavy atom. The number of nitrogens with two attached hydrogens (primary N) is 1. The van der Waals surface area contributed by atoms with Gasteiger partial charge in [0.1, 0.15) is 28.7 Å². The number of benzene rings is 2. The van der Waals surface area contributed by atoms with E-state index in [4.69, 9.17) is 15.2 Å². The van der Waals surface area contributed by atoms with E-state index in [-0.39, 0.29) is 29.1 Å². The van der Waals surface area contributed by atoms with Crippen LogP contribution in [0.1, 0.15) is 40.9 Å². The van der Waals surface area contributed by atoms with Crippen LogP contribution in [0.2, 0.25) is 0 Å². The monoisotopic (exact) mass is 564 g/mol. The molecule has 9 nitrogen and oxygen atoms in total. The number of nitrogens with one attached hydrogen (secondary N) is 1. The molecule has 1 amide bonds. The van der Waals surface area contributed by atoms with Gasteiger partial charge in [-0.2, -0.15) is 8.42 Å². The quantitative estimate of drug-likeness (QED) is 0.287. The van der Waals surface area contributed by atoms with Gasteiger partial charge >= 0.3 is 0 Å². The Kier molecular flexibility index (Phi) is 8.06. The molecule has 0 aliphatic heterocycles. The van der Waals surface area contributed by atoms with Crippen molar-refractivity contribution in [3.63, 3.8) is 0 Å². The number of ether oxygens (including phenoxy) is 2. The number of carbonyl (C=O) groups excluding carboxylic acids is 1. The Labute approximate surface area is 232 Å². The number of anilines is 1. The normalized spacial score (nSPS) is 11.4. The zero-order valence-corrected chi connectivity index (χ0v) is 23.5. The highest BCUT2D eigenvalue weighted by Gasteiger charge is 2.25. The molecule has 2 heterocycles. The van der Waals surface area contributed by atoms with Gasteiger partial charge in [-0.1, -0.05) is 23.8 Å². The number of nitrogens with zero attached hydrogens (tertiary/aromatic N) is 2. The zero-order valence-electron chi connectivity index (χ0n) is 22.7. The Morgan fingerprint density at radius 3 is 2.33 bits per heavy atom. The van der Waals surface area contributed by atoms with Crippen LogP contribution in [-0.4, -0.2) is 30.4 Å². The van der Waals surface area contributed by atoms with Gasteiger partial charge in [-0.15, -0.1) is 0 Å². The van der Waals surface area contributed by atoms with Crippen molar-refractivity contribution < 1.29 is 27.1 Å². The third-order valence-electron chi connectivity index (χ3n) is 5.69. The van der Waals surface area contributed by atoms with Gasteiger partial charge in [-0.3, -0.25) is 4.79 Å². The van der Waals surface area contributed by atoms with Crippen molar-refractivity contribution in [2.45, 2.75) is 45.7 Å². The summed E-state index contributed by atoms with van der Waals surface area (Å²) in [6.07, 6.45) is -0.184. The van der Waals surface area contributed by atoms with E-state index in [1.54, 1.807) is 6.07 Å². The highest BCUT2D eigenvalue weighted by Crippen LogP contribution is 2.33. The average Bonchev–Trinajstić information content (AvgIpc) is 2.85. The van der Waals surface area contributed by atoms with E-state index in [1.165, 1.54) is 42.5 Å². The fraction of sp³-hybridized carbons (Fsp3) is 0.207. The van der Waals surface area contributed by atoms with Crippen LogP contribution in [0.4, 0.5) is 10.2 Å². The van der Waals surface area contributed by atoms with Crippen molar-refractivity contribution in [1.82, 2.24) is 14.7 Å². The topological polar surface area (TPSA) is 134 Å². The van der Waals surface area contributed by atoms with E-state index in [9.17, 15) is 17.6 Å². The summed E-state index contributed by atoms with van der Waals surface area (Å²) in [5, 5.41) is -0.421. The summed E-state index contributed by atoms with van der Waals surface area (Å²) in [4.78, 5) is 21.6. The molecule has 0 bridgehead atoms. The van der Waals surface area contributed by atoms with Crippen LogP contribution in [0, 0.1) is 26.6 Å². The van der Waals surface area contributed by atoms with Crippen LogP contribution < -0.4 is 19.9 Å². The maximum atomic E-state index is 14.5. The van der Waals surface area contributed by atoms with E-state index in [1.807, 2.05) is 51.5 Å². The van der Waals surface area contributed by atoms with Gasteiger partial charge in [-0.25, -0.2) is 19.1 Å². The van der Waals surface area contributed by atoms with E-state index in [0.29, 0.717) is 17.1 Å². The number of aromatic nitrogens is 2. The second-order valence-electron chi connectivity index (χ2n) is 9.56. The molecule has 208 valence electrons. The first kappa shape index (κ1) is 28.5. The molecule has 3 N–H and O–H groups in total. The molecule has 0 aliphatic carbocycles. The number of halogens is 1. The zero-order chi connectivity index (χ0) is 29.2. The highest BCUT2D eigenvalue weighted by atomic mass is 32.2. The number of aryl methyl sites for hydroxylation is 3. The molecule has 4 aromatic rings. The maximum absolute atomic E-state index is 14.5. The van der Waals surface area contributed by atoms with Crippen molar-refractivity contribution in [3.05, 3.63) is 88.7 Å². The van der Waals surface area contributed by atoms with Crippen LogP contribution in [-0.2, 0) is 10.0 Å². The van der Waals surface area contributed by atoms with E-state index in [2.05, 4.69) is 9.97 Å². The summed E-state index contributed by atoms with van der Waals surface area (Å²) >= 11 is 0. The molecule has 4 rings (SSSR count). The lowest BCUT2D eigenvalue weighted by molar-refractivity contribution is 0.0978. The molecule has 40 heavy (non-hydrogen) atoms. The smallest absolute Gasteiger partial charge is 0.281 e. The molecule has 0 unspecified atom stereocenters. The van der Waals surface area contributed by atoms with E-state index in [0.717, 1.165) is 16.7 Å². The van der Waals surface area contributed by atoms with Gasteiger partial charge in [0, 0.05) is 11.6 Å². The Balaban J connectivity index is 1.80. The molecule has 0 aliphatic rings. The summed E-state index contributed by atoms with van der Waals surface area (Å²) in [6.45, 7) is 9.27. The van der Waals surface area contributed by atoms with Crippen molar-refractivity contribution in [3.8, 4) is 28.6 Å². The number of nitrogen functional groups attached to an aromatic ring is 1. The lowest BCUT2D eigenvalue weighted by atomic mass is 10.1. The lowest BCUT2D eigenvalue weighted by Crippen LogP contribution is -2.31. The molecular weight excluding hydrogens is 535 g/mol. The van der Waals surface area contributed by atoms with Gasteiger partial charge in [0.2, 0.25) is 5.88 Å². The molecule has 2 aromatic heterocycles. The second-order valence-corrected chi connectivity index (χ2v) is 11.2. The molecule has 0 atom stereocenters. The second kappa shape index (κ2) is 11.3. The molecule has 0 fully saturated rings. The summed E-state index contributed by atoms with van der Waals surface area (Å²) < 4.78 is 54.0. The van der Waals surface area contributed by atoms with Gasteiger partial charge in [-0.05, 0) is 82.1 Å². The Morgan fingerprint density at radius 1 is 0.975 bits per heavy atom. The SMILES string of the molecule is Cc1cc(C)c(Oc2nc(-c3cc(F)cc(OC(C)C)c3)ccc2C(=O)NS(=O)(=O)c2cccc(N)n2)c(C)c1. The first-order valence-corrected chi connectivity index (χ1v) is 13.8. The number of carbonyl (C=O) groups is 1. The molecule has 11 heteroatoms. The van der Waals surface area contributed by atoms with Crippen LogP contribution >= 0.6 is 0 Å². The summed E-state index contributed by atoms with van der Waals surface area (Å²) in [5.41, 5.74) is 8.69. The molecule has 0 saturated heterocycles. The Bertz CT molecular complexity index is 1680. The predicted octanol–water partition coefficient (Wildman–Crippen LogP) is 5.49. The predicted molar refractivity (Wildman–Crippen MR) is 149 cm³/mol. The first-order valence-electron chi connectivity index (χ1n) is 12.4. The number of hydrogen-bond donors (Lipinski definition) is 2. The molecule has 0 spiro atoms. The van der Waals surface area contributed by atoms with Crippen molar-refractivity contribution in [2.75, 3.05) is 5.73 Å². The Hall–Kier alpha value is -4.51. The van der Waals surface area contributed by atoms with Crippen molar-refractivity contribution in [2.24, 2.45) is 0 Å². The lowest BCUT2D eigenvalue weighted by Gasteiger charge is -2.16. The molecule has 0 saturated carbocycles.